The summed E-state index contributed by atoms with van der Waals surface area (Å²) in [5.74, 6) is -0.270. The van der Waals surface area contributed by atoms with Crippen LogP contribution in [0.4, 0.5) is 29.6 Å². The zero-order chi connectivity index (χ0) is 31.2. The van der Waals surface area contributed by atoms with E-state index in [1.54, 1.807) is 31.6 Å². The summed E-state index contributed by atoms with van der Waals surface area (Å²) in [7, 11) is 0. The van der Waals surface area contributed by atoms with Crippen LogP contribution >= 0.6 is 0 Å². The van der Waals surface area contributed by atoms with Crippen LogP contribution < -0.4 is 4.90 Å². The van der Waals surface area contributed by atoms with Crippen LogP contribution in [0.1, 0.15) is 83.0 Å². The number of fused-ring (bicyclic) bond motifs is 1. The van der Waals surface area contributed by atoms with E-state index in [9.17, 15) is 18.0 Å². The SMILES string of the molecule is CCCn1ncc(N(C(=O)OC(C)(C)C)c2ncc3cc(C(F)(F)F)c(C4CCN(C5(C)CCOC5)CC4)cc3n2)c1C. The molecule has 1 aromatic carbocycles. The summed E-state index contributed by atoms with van der Waals surface area (Å²) in [6, 6.07) is 2.67. The van der Waals surface area contributed by atoms with Gasteiger partial charge in [-0.2, -0.15) is 18.3 Å². The van der Waals surface area contributed by atoms with Crippen LogP contribution in [0.5, 0.6) is 0 Å². The molecule has 5 rings (SSSR count). The molecule has 1 amide bonds. The van der Waals surface area contributed by atoms with Gasteiger partial charge in [0, 0.05) is 30.3 Å². The van der Waals surface area contributed by atoms with Crippen molar-refractivity contribution >= 4 is 28.6 Å². The van der Waals surface area contributed by atoms with Gasteiger partial charge in [0.25, 0.3) is 0 Å². The van der Waals surface area contributed by atoms with Gasteiger partial charge >= 0.3 is 12.3 Å². The van der Waals surface area contributed by atoms with Crippen LogP contribution in [-0.2, 0) is 22.2 Å². The number of ether oxygens (including phenoxy) is 2. The number of amides is 1. The molecule has 2 aliphatic rings. The molecule has 2 aliphatic heterocycles. The van der Waals surface area contributed by atoms with Crippen LogP contribution in [0.15, 0.2) is 24.5 Å². The van der Waals surface area contributed by atoms with Gasteiger partial charge in [0.2, 0.25) is 5.95 Å². The Balaban J connectivity index is 1.54. The molecule has 43 heavy (non-hydrogen) atoms. The van der Waals surface area contributed by atoms with Crippen molar-refractivity contribution in [1.29, 1.82) is 0 Å². The Labute approximate surface area is 250 Å². The molecule has 3 aromatic rings. The molecular weight excluding hydrogens is 561 g/mol. The molecule has 4 heterocycles. The number of hydrogen-bond acceptors (Lipinski definition) is 7. The Morgan fingerprint density at radius 1 is 1.19 bits per heavy atom. The van der Waals surface area contributed by atoms with Gasteiger partial charge in [-0.15, -0.1) is 0 Å². The van der Waals surface area contributed by atoms with Gasteiger partial charge in [-0.3, -0.25) is 9.58 Å². The quantitative estimate of drug-likeness (QED) is 0.301. The fourth-order valence-electron chi connectivity index (χ4n) is 6.10. The maximum Gasteiger partial charge on any atom is 0.422 e. The lowest BCUT2D eigenvalue weighted by Gasteiger charge is -2.42. The highest BCUT2D eigenvalue weighted by molar-refractivity contribution is 5.95. The lowest BCUT2D eigenvalue weighted by Crippen LogP contribution is -2.50. The molecule has 0 radical (unpaired) electrons. The summed E-state index contributed by atoms with van der Waals surface area (Å²) in [4.78, 5) is 26.1. The van der Waals surface area contributed by atoms with Crippen molar-refractivity contribution in [3.8, 4) is 0 Å². The lowest BCUT2D eigenvalue weighted by atomic mass is 9.83. The average Bonchev–Trinajstić information content (AvgIpc) is 3.53. The number of likely N-dealkylation sites (tertiary alicyclic amines) is 1. The fourth-order valence-corrected chi connectivity index (χ4v) is 6.10. The molecule has 0 aliphatic carbocycles. The molecule has 1 atom stereocenters. The normalized spacial score (nSPS) is 20.6. The Bertz CT molecular complexity index is 1470. The number of aryl methyl sites for hydroxylation is 1. The zero-order valence-corrected chi connectivity index (χ0v) is 25.8. The van der Waals surface area contributed by atoms with E-state index in [-0.39, 0.29) is 28.4 Å². The smallest absolute Gasteiger partial charge is 0.422 e. The van der Waals surface area contributed by atoms with Gasteiger partial charge in [-0.1, -0.05) is 6.92 Å². The third-order valence-electron chi connectivity index (χ3n) is 8.47. The molecule has 0 bridgehead atoms. The first-order valence-corrected chi connectivity index (χ1v) is 15.0. The Hall–Kier alpha value is -3.25. The molecule has 234 valence electrons. The summed E-state index contributed by atoms with van der Waals surface area (Å²) >= 11 is 0. The van der Waals surface area contributed by atoms with Gasteiger partial charge in [0.1, 0.15) is 5.60 Å². The van der Waals surface area contributed by atoms with Crippen molar-refractivity contribution < 1.29 is 27.4 Å². The van der Waals surface area contributed by atoms with E-state index in [2.05, 4.69) is 26.9 Å². The van der Waals surface area contributed by atoms with E-state index >= 15 is 0 Å². The molecule has 9 nitrogen and oxygen atoms in total. The van der Waals surface area contributed by atoms with Gasteiger partial charge in [0.05, 0.1) is 35.3 Å². The molecule has 0 spiro atoms. The van der Waals surface area contributed by atoms with Crippen LogP contribution in [-0.4, -0.2) is 68.2 Å². The largest absolute Gasteiger partial charge is 0.443 e. The number of carbonyl (C=O) groups is 1. The highest BCUT2D eigenvalue weighted by Gasteiger charge is 2.41. The number of hydrogen-bond donors (Lipinski definition) is 0. The van der Waals surface area contributed by atoms with E-state index < -0.39 is 23.4 Å². The van der Waals surface area contributed by atoms with Gasteiger partial charge in [-0.25, -0.2) is 19.7 Å². The van der Waals surface area contributed by atoms with Crippen molar-refractivity contribution in [2.24, 2.45) is 0 Å². The van der Waals surface area contributed by atoms with Crippen molar-refractivity contribution in [2.75, 3.05) is 31.2 Å². The predicted molar refractivity (Wildman–Crippen MR) is 158 cm³/mol. The van der Waals surface area contributed by atoms with E-state index in [4.69, 9.17) is 9.47 Å². The second-order valence-corrected chi connectivity index (χ2v) is 12.9. The number of aromatic nitrogens is 4. The number of alkyl halides is 3. The molecule has 2 saturated heterocycles. The minimum Gasteiger partial charge on any atom is -0.443 e. The van der Waals surface area contributed by atoms with Crippen molar-refractivity contribution in [1.82, 2.24) is 24.6 Å². The van der Waals surface area contributed by atoms with Crippen molar-refractivity contribution in [2.45, 2.75) is 97.0 Å². The van der Waals surface area contributed by atoms with E-state index in [0.717, 1.165) is 24.6 Å². The Morgan fingerprint density at radius 2 is 1.91 bits per heavy atom. The first-order chi connectivity index (χ1) is 20.2. The minimum atomic E-state index is -4.53. The second kappa shape index (κ2) is 11.7. The van der Waals surface area contributed by atoms with E-state index in [1.807, 2.05) is 13.8 Å². The summed E-state index contributed by atoms with van der Waals surface area (Å²) < 4.78 is 56.2. The first-order valence-electron chi connectivity index (χ1n) is 15.0. The molecular formula is C31H41F3N6O3. The number of piperidine rings is 1. The van der Waals surface area contributed by atoms with Crippen LogP contribution in [0.3, 0.4) is 0 Å². The molecule has 0 saturated carbocycles. The predicted octanol–water partition coefficient (Wildman–Crippen LogP) is 7.00. The Kier molecular flexibility index (Phi) is 8.47. The van der Waals surface area contributed by atoms with Crippen LogP contribution in [0.2, 0.25) is 0 Å². The lowest BCUT2D eigenvalue weighted by molar-refractivity contribution is -0.138. The average molecular weight is 603 g/mol. The number of nitrogens with zero attached hydrogens (tertiary/aromatic N) is 6. The van der Waals surface area contributed by atoms with Gasteiger partial charge in [0.15, 0.2) is 0 Å². The topological polar surface area (TPSA) is 85.6 Å². The number of rotatable bonds is 6. The first kappa shape index (κ1) is 31.2. The number of halogens is 3. The van der Waals surface area contributed by atoms with Gasteiger partial charge < -0.3 is 9.47 Å². The molecule has 2 fully saturated rings. The van der Waals surface area contributed by atoms with E-state index in [0.29, 0.717) is 56.9 Å². The van der Waals surface area contributed by atoms with Crippen LogP contribution in [0, 0.1) is 6.92 Å². The van der Waals surface area contributed by atoms with Gasteiger partial charge in [-0.05, 0) is 97.0 Å². The minimum absolute atomic E-state index is 0.00980. The standard InChI is InChI=1S/C31H41F3N6O3/c1-7-11-39-20(2)26(18-36-39)40(28(41)43-29(3,4)5)27-35-17-22-15-24(31(32,33)34)23(16-25(22)37-27)21-8-12-38(13-9-21)30(6)10-14-42-19-30/h15-18,21H,7-14,19H2,1-6H3. The monoisotopic (exact) mass is 602 g/mol. The molecule has 12 heteroatoms. The van der Waals surface area contributed by atoms with Crippen molar-refractivity contribution in [3.63, 3.8) is 0 Å². The Morgan fingerprint density at radius 3 is 2.51 bits per heavy atom. The summed E-state index contributed by atoms with van der Waals surface area (Å²) in [6.45, 7) is 14.7. The summed E-state index contributed by atoms with van der Waals surface area (Å²) in [6.07, 6.45) is 0.633. The number of anilines is 2. The molecule has 0 N–H and O–H groups in total. The molecule has 2 aromatic heterocycles. The third-order valence-corrected chi connectivity index (χ3v) is 8.47. The summed E-state index contributed by atoms with van der Waals surface area (Å²) in [5.41, 5.74) is 0.198. The maximum absolute atomic E-state index is 14.4. The summed E-state index contributed by atoms with van der Waals surface area (Å²) in [5, 5.41) is 4.67. The highest BCUT2D eigenvalue weighted by Crippen LogP contribution is 2.42. The second-order valence-electron chi connectivity index (χ2n) is 12.9. The van der Waals surface area contributed by atoms with E-state index in [1.165, 1.54) is 17.2 Å². The van der Waals surface area contributed by atoms with Crippen LogP contribution in [0.25, 0.3) is 10.9 Å². The number of carbonyl (C=O) groups excluding carboxylic acids is 1. The third kappa shape index (κ3) is 6.50. The fraction of sp³-hybridized carbons (Fsp3) is 0.613. The molecule has 1 unspecified atom stereocenters. The number of benzene rings is 1. The van der Waals surface area contributed by atoms with Crippen molar-refractivity contribution in [3.05, 3.63) is 41.3 Å². The zero-order valence-electron chi connectivity index (χ0n) is 25.8. The maximum atomic E-state index is 14.4. The highest BCUT2D eigenvalue weighted by atomic mass is 19.4.